The van der Waals surface area contributed by atoms with Crippen LogP contribution in [0.15, 0.2) is 24.3 Å². The Bertz CT molecular complexity index is 740. The molecule has 9 heteroatoms. The summed E-state index contributed by atoms with van der Waals surface area (Å²) >= 11 is 0. The van der Waals surface area contributed by atoms with E-state index >= 15 is 0 Å². The molecule has 9 nitrogen and oxygen atoms in total. The molecular formula is C17H20N4O5. The number of benzene rings is 1. The van der Waals surface area contributed by atoms with Crippen LogP contribution in [-0.2, 0) is 14.4 Å². The minimum absolute atomic E-state index is 0.343. The van der Waals surface area contributed by atoms with Gasteiger partial charge in [-0.1, -0.05) is 0 Å². The van der Waals surface area contributed by atoms with Crippen LogP contribution in [0.1, 0.15) is 0 Å². The molecule has 0 spiro atoms. The third-order valence-corrected chi connectivity index (χ3v) is 4.61. The van der Waals surface area contributed by atoms with Crippen molar-refractivity contribution < 1.29 is 23.9 Å². The molecule has 2 aliphatic heterocycles. The van der Waals surface area contributed by atoms with Crippen LogP contribution in [0.25, 0.3) is 0 Å². The maximum absolute atomic E-state index is 12.4. The van der Waals surface area contributed by atoms with Gasteiger partial charge in [-0.2, -0.15) is 0 Å². The first kappa shape index (κ1) is 17.7. The van der Waals surface area contributed by atoms with Crippen LogP contribution in [0.5, 0.6) is 5.75 Å². The van der Waals surface area contributed by atoms with Crippen molar-refractivity contribution in [2.75, 3.05) is 51.8 Å². The van der Waals surface area contributed by atoms with E-state index in [2.05, 4.69) is 4.90 Å². The lowest BCUT2D eigenvalue weighted by molar-refractivity contribution is -0.144. The van der Waals surface area contributed by atoms with E-state index in [0.717, 1.165) is 16.3 Å². The fourth-order valence-corrected chi connectivity index (χ4v) is 3.00. The summed E-state index contributed by atoms with van der Waals surface area (Å²) in [6.45, 7) is 1.82. The Kier molecular flexibility index (Phi) is 4.79. The van der Waals surface area contributed by atoms with Crippen molar-refractivity contribution in [1.82, 2.24) is 14.7 Å². The van der Waals surface area contributed by atoms with Gasteiger partial charge in [0.15, 0.2) is 0 Å². The van der Waals surface area contributed by atoms with Crippen LogP contribution in [0.3, 0.4) is 0 Å². The Hall–Kier alpha value is -3.10. The number of nitrogens with zero attached hydrogens (tertiary/aromatic N) is 4. The molecule has 0 unspecified atom stereocenters. The number of likely N-dealkylation sites (N-methyl/N-ethyl adjacent to an activating group) is 1. The predicted molar refractivity (Wildman–Crippen MR) is 91.7 cm³/mol. The van der Waals surface area contributed by atoms with E-state index in [1.54, 1.807) is 12.0 Å². The molecular weight excluding hydrogens is 340 g/mol. The number of amides is 5. The molecule has 0 N–H and O–H groups in total. The summed E-state index contributed by atoms with van der Waals surface area (Å²) in [4.78, 5) is 52.7. The van der Waals surface area contributed by atoms with Crippen molar-refractivity contribution in [3.8, 4) is 5.75 Å². The van der Waals surface area contributed by atoms with Crippen molar-refractivity contribution in [1.29, 1.82) is 0 Å². The molecule has 0 saturated carbocycles. The van der Waals surface area contributed by atoms with Gasteiger partial charge in [0.2, 0.25) is 5.91 Å². The minimum atomic E-state index is -0.956. The lowest BCUT2D eigenvalue weighted by atomic mass is 10.2. The van der Waals surface area contributed by atoms with Crippen LogP contribution in [0.2, 0.25) is 0 Å². The van der Waals surface area contributed by atoms with Gasteiger partial charge < -0.3 is 14.5 Å². The molecule has 0 bridgehead atoms. The van der Waals surface area contributed by atoms with E-state index in [9.17, 15) is 19.2 Å². The highest BCUT2D eigenvalue weighted by molar-refractivity contribution is 6.44. The lowest BCUT2D eigenvalue weighted by Gasteiger charge is -2.36. The molecule has 0 radical (unpaired) electrons. The quantitative estimate of drug-likeness (QED) is 0.544. The number of methoxy groups -OCH3 is 1. The Morgan fingerprint density at radius 3 is 2.12 bits per heavy atom. The summed E-state index contributed by atoms with van der Waals surface area (Å²) in [6.07, 6.45) is 0. The molecule has 1 aromatic carbocycles. The predicted octanol–water partition coefficient (Wildman–Crippen LogP) is -0.236. The average molecular weight is 360 g/mol. The number of rotatable bonds is 4. The first-order valence-corrected chi connectivity index (χ1v) is 8.22. The number of anilines is 1. The first-order chi connectivity index (χ1) is 12.4. The topological polar surface area (TPSA) is 90.5 Å². The Balaban J connectivity index is 1.56. The van der Waals surface area contributed by atoms with E-state index in [-0.39, 0.29) is 5.91 Å². The zero-order valence-electron chi connectivity index (χ0n) is 14.7. The maximum atomic E-state index is 12.4. The zero-order chi connectivity index (χ0) is 18.8. The second kappa shape index (κ2) is 7.03. The van der Waals surface area contributed by atoms with E-state index in [1.807, 2.05) is 24.3 Å². The average Bonchev–Trinajstić information content (AvgIpc) is 2.86. The van der Waals surface area contributed by atoms with Gasteiger partial charge in [0.1, 0.15) is 12.3 Å². The Morgan fingerprint density at radius 1 is 1.00 bits per heavy atom. The number of piperazine rings is 1. The number of carbonyl (C=O) groups excluding carboxylic acids is 4. The summed E-state index contributed by atoms with van der Waals surface area (Å²) < 4.78 is 5.14. The summed E-state index contributed by atoms with van der Waals surface area (Å²) in [7, 11) is 2.83. The van der Waals surface area contributed by atoms with Gasteiger partial charge in [-0.3, -0.25) is 19.3 Å². The number of carbonyl (C=O) groups is 4. The summed E-state index contributed by atoms with van der Waals surface area (Å²) in [5.41, 5.74) is 1.04. The molecule has 2 fully saturated rings. The molecule has 26 heavy (non-hydrogen) atoms. The number of hydrogen-bond donors (Lipinski definition) is 0. The first-order valence-electron chi connectivity index (χ1n) is 8.22. The zero-order valence-corrected chi connectivity index (χ0v) is 14.7. The molecule has 0 atom stereocenters. The molecule has 5 amide bonds. The van der Waals surface area contributed by atoms with Crippen LogP contribution in [0, 0.1) is 0 Å². The third-order valence-electron chi connectivity index (χ3n) is 4.61. The van der Waals surface area contributed by atoms with Gasteiger partial charge in [-0.25, -0.2) is 9.69 Å². The van der Waals surface area contributed by atoms with Gasteiger partial charge >= 0.3 is 17.8 Å². The maximum Gasteiger partial charge on any atom is 0.334 e. The van der Waals surface area contributed by atoms with Crippen LogP contribution >= 0.6 is 0 Å². The van der Waals surface area contributed by atoms with E-state index in [4.69, 9.17) is 4.74 Å². The lowest BCUT2D eigenvalue weighted by Crippen LogP contribution is -2.52. The van der Waals surface area contributed by atoms with Crippen LogP contribution in [0.4, 0.5) is 10.5 Å². The van der Waals surface area contributed by atoms with E-state index in [1.165, 1.54) is 7.05 Å². The van der Waals surface area contributed by atoms with Gasteiger partial charge in [-0.15, -0.1) is 0 Å². The largest absolute Gasteiger partial charge is 0.497 e. The number of ether oxygens (including phenoxy) is 1. The molecule has 2 aliphatic rings. The molecule has 0 aromatic heterocycles. The minimum Gasteiger partial charge on any atom is -0.497 e. The van der Waals surface area contributed by atoms with Crippen LogP contribution < -0.4 is 9.64 Å². The van der Waals surface area contributed by atoms with Gasteiger partial charge in [-0.05, 0) is 24.3 Å². The number of hydrogen-bond acceptors (Lipinski definition) is 6. The summed E-state index contributed by atoms with van der Waals surface area (Å²) in [5, 5.41) is 0. The van der Waals surface area contributed by atoms with E-state index < -0.39 is 24.4 Å². The van der Waals surface area contributed by atoms with Crippen LogP contribution in [-0.4, -0.2) is 85.3 Å². The smallest absolute Gasteiger partial charge is 0.334 e. The monoisotopic (exact) mass is 360 g/mol. The van der Waals surface area contributed by atoms with Crippen molar-refractivity contribution in [3.05, 3.63) is 24.3 Å². The van der Waals surface area contributed by atoms with Crippen molar-refractivity contribution in [2.45, 2.75) is 0 Å². The fourth-order valence-electron chi connectivity index (χ4n) is 3.00. The van der Waals surface area contributed by atoms with Gasteiger partial charge in [0.05, 0.1) is 7.11 Å². The third kappa shape index (κ3) is 3.19. The Labute approximate surface area is 150 Å². The fraction of sp³-hybridized carbons (Fsp3) is 0.412. The highest BCUT2D eigenvalue weighted by Crippen LogP contribution is 2.20. The summed E-state index contributed by atoms with van der Waals surface area (Å²) in [6, 6.07) is 6.92. The van der Waals surface area contributed by atoms with Gasteiger partial charge in [0.25, 0.3) is 0 Å². The Morgan fingerprint density at radius 2 is 1.62 bits per heavy atom. The van der Waals surface area contributed by atoms with Gasteiger partial charge in [0, 0.05) is 38.9 Å². The molecule has 1 aromatic rings. The van der Waals surface area contributed by atoms with E-state index in [0.29, 0.717) is 31.1 Å². The van der Waals surface area contributed by atoms with Crippen molar-refractivity contribution >= 4 is 29.4 Å². The second-order valence-electron chi connectivity index (χ2n) is 6.10. The second-order valence-corrected chi connectivity index (χ2v) is 6.10. The molecule has 3 rings (SSSR count). The van der Waals surface area contributed by atoms with Crippen molar-refractivity contribution in [3.63, 3.8) is 0 Å². The van der Waals surface area contributed by atoms with Crippen molar-refractivity contribution in [2.24, 2.45) is 0 Å². The molecule has 2 heterocycles. The molecule has 138 valence electrons. The molecule has 0 aliphatic carbocycles. The number of urea groups is 1. The normalized spacial score (nSPS) is 18.0. The standard InChI is InChI=1S/C17H20N4O5/c1-18-15(23)16(24)21(17(18)25)11-14(22)20-9-7-19(8-10-20)12-3-5-13(26-2)6-4-12/h3-6H,7-11H2,1-2H3. The highest BCUT2D eigenvalue weighted by atomic mass is 16.5. The SMILES string of the molecule is COc1ccc(N2CCN(C(=O)CN3C(=O)C(=O)N(C)C3=O)CC2)cc1. The molecule has 2 saturated heterocycles. The summed E-state index contributed by atoms with van der Waals surface area (Å²) in [5.74, 6) is -1.43. The number of imide groups is 2. The highest BCUT2D eigenvalue weighted by Gasteiger charge is 2.43.